The standard InChI is InChI=1S/C15H14N2O3/c16-14(18)10-20-15(19)12-8-4-5-9-13(12)17-11-6-2-1-3-7-11/h1-9,17H,10H2,(H2,16,18). The summed E-state index contributed by atoms with van der Waals surface area (Å²) in [7, 11) is 0. The molecule has 0 atom stereocenters. The first-order chi connectivity index (χ1) is 9.66. The number of carbonyl (C=O) groups excluding carboxylic acids is 2. The van der Waals surface area contributed by atoms with Gasteiger partial charge in [-0.05, 0) is 24.3 Å². The molecule has 0 saturated carbocycles. The van der Waals surface area contributed by atoms with Crippen LogP contribution in [0.15, 0.2) is 54.6 Å². The largest absolute Gasteiger partial charge is 0.452 e. The van der Waals surface area contributed by atoms with Gasteiger partial charge < -0.3 is 15.8 Å². The first kappa shape index (κ1) is 13.6. The number of hydrogen-bond donors (Lipinski definition) is 2. The van der Waals surface area contributed by atoms with E-state index in [0.717, 1.165) is 5.69 Å². The van der Waals surface area contributed by atoms with E-state index < -0.39 is 18.5 Å². The molecule has 2 aromatic rings. The second kappa shape index (κ2) is 6.38. The second-order valence-corrected chi connectivity index (χ2v) is 4.08. The van der Waals surface area contributed by atoms with Gasteiger partial charge >= 0.3 is 5.97 Å². The van der Waals surface area contributed by atoms with Gasteiger partial charge in [-0.25, -0.2) is 4.79 Å². The van der Waals surface area contributed by atoms with Crippen molar-refractivity contribution in [3.05, 3.63) is 60.2 Å². The van der Waals surface area contributed by atoms with Gasteiger partial charge in [0, 0.05) is 5.69 Å². The van der Waals surface area contributed by atoms with Crippen LogP contribution in [-0.4, -0.2) is 18.5 Å². The molecule has 0 spiro atoms. The fraction of sp³-hybridized carbons (Fsp3) is 0.0667. The molecular formula is C15H14N2O3. The Bertz CT molecular complexity index is 612. The van der Waals surface area contributed by atoms with Crippen molar-refractivity contribution in [2.24, 2.45) is 5.73 Å². The molecule has 0 radical (unpaired) electrons. The summed E-state index contributed by atoms with van der Waals surface area (Å²) in [5.74, 6) is -1.28. The Kier molecular flexibility index (Phi) is 4.34. The van der Waals surface area contributed by atoms with Crippen LogP contribution in [0.5, 0.6) is 0 Å². The maximum Gasteiger partial charge on any atom is 0.340 e. The van der Waals surface area contributed by atoms with Gasteiger partial charge in [-0.15, -0.1) is 0 Å². The zero-order valence-electron chi connectivity index (χ0n) is 10.7. The number of primary amides is 1. The predicted molar refractivity (Wildman–Crippen MR) is 75.6 cm³/mol. The third-order valence-corrected chi connectivity index (χ3v) is 2.55. The zero-order valence-corrected chi connectivity index (χ0v) is 10.7. The van der Waals surface area contributed by atoms with E-state index >= 15 is 0 Å². The Labute approximate surface area is 116 Å². The number of ether oxygens (including phenoxy) is 1. The molecule has 0 aromatic heterocycles. The van der Waals surface area contributed by atoms with Gasteiger partial charge in [-0.3, -0.25) is 4.79 Å². The molecule has 0 aliphatic carbocycles. The highest BCUT2D eigenvalue weighted by Gasteiger charge is 2.13. The molecule has 0 unspecified atom stereocenters. The summed E-state index contributed by atoms with van der Waals surface area (Å²) in [6, 6.07) is 16.3. The SMILES string of the molecule is NC(=O)COC(=O)c1ccccc1Nc1ccccc1. The van der Waals surface area contributed by atoms with Crippen LogP contribution in [-0.2, 0) is 9.53 Å². The van der Waals surface area contributed by atoms with Crippen molar-refractivity contribution < 1.29 is 14.3 Å². The zero-order chi connectivity index (χ0) is 14.4. The number of para-hydroxylation sites is 2. The van der Waals surface area contributed by atoms with Gasteiger partial charge in [0.25, 0.3) is 5.91 Å². The summed E-state index contributed by atoms with van der Waals surface area (Å²) in [5.41, 5.74) is 6.75. The summed E-state index contributed by atoms with van der Waals surface area (Å²) >= 11 is 0. The molecule has 0 aliphatic heterocycles. The average Bonchev–Trinajstić information content (AvgIpc) is 2.46. The molecule has 0 heterocycles. The Hall–Kier alpha value is -2.82. The molecule has 3 N–H and O–H groups in total. The number of rotatable bonds is 5. The van der Waals surface area contributed by atoms with Gasteiger partial charge in [0.05, 0.1) is 11.3 Å². The molecule has 0 bridgehead atoms. The Balaban J connectivity index is 2.18. The summed E-state index contributed by atoms with van der Waals surface area (Å²) < 4.78 is 4.81. The van der Waals surface area contributed by atoms with Crippen LogP contribution >= 0.6 is 0 Å². The molecule has 2 aromatic carbocycles. The minimum atomic E-state index is -0.688. The molecule has 102 valence electrons. The van der Waals surface area contributed by atoms with Gasteiger partial charge in [0.1, 0.15) is 0 Å². The average molecular weight is 270 g/mol. The van der Waals surface area contributed by atoms with Crippen molar-refractivity contribution in [2.75, 3.05) is 11.9 Å². The first-order valence-corrected chi connectivity index (χ1v) is 6.03. The van der Waals surface area contributed by atoms with Gasteiger partial charge in [0.2, 0.25) is 0 Å². The summed E-state index contributed by atoms with van der Waals surface area (Å²) in [6.07, 6.45) is 0. The highest BCUT2D eigenvalue weighted by molar-refractivity contribution is 5.97. The van der Waals surface area contributed by atoms with Crippen molar-refractivity contribution in [1.29, 1.82) is 0 Å². The van der Waals surface area contributed by atoms with Crippen molar-refractivity contribution in [3.63, 3.8) is 0 Å². The maximum atomic E-state index is 11.9. The van der Waals surface area contributed by atoms with Crippen LogP contribution in [0.4, 0.5) is 11.4 Å². The Morgan fingerprint density at radius 1 is 1.00 bits per heavy atom. The highest BCUT2D eigenvalue weighted by atomic mass is 16.5. The molecule has 0 aliphatic rings. The van der Waals surface area contributed by atoms with E-state index in [0.29, 0.717) is 11.3 Å². The topological polar surface area (TPSA) is 81.4 Å². The van der Waals surface area contributed by atoms with Crippen LogP contribution in [0.25, 0.3) is 0 Å². The van der Waals surface area contributed by atoms with Gasteiger partial charge in [-0.2, -0.15) is 0 Å². The lowest BCUT2D eigenvalue weighted by atomic mass is 10.1. The van der Waals surface area contributed by atoms with Crippen LogP contribution in [0.1, 0.15) is 10.4 Å². The number of benzene rings is 2. The molecular weight excluding hydrogens is 256 g/mol. The lowest BCUT2D eigenvalue weighted by Crippen LogP contribution is -2.21. The minimum absolute atomic E-state index is 0.345. The van der Waals surface area contributed by atoms with Crippen LogP contribution in [0.2, 0.25) is 0 Å². The predicted octanol–water partition coefficient (Wildman–Crippen LogP) is 2.07. The van der Waals surface area contributed by atoms with Crippen LogP contribution in [0.3, 0.4) is 0 Å². The third-order valence-electron chi connectivity index (χ3n) is 2.55. The van der Waals surface area contributed by atoms with Crippen molar-refractivity contribution >= 4 is 23.3 Å². The van der Waals surface area contributed by atoms with E-state index in [9.17, 15) is 9.59 Å². The molecule has 20 heavy (non-hydrogen) atoms. The van der Waals surface area contributed by atoms with E-state index in [2.05, 4.69) is 5.32 Å². The van der Waals surface area contributed by atoms with E-state index in [-0.39, 0.29) is 0 Å². The molecule has 0 saturated heterocycles. The molecule has 2 rings (SSSR count). The van der Waals surface area contributed by atoms with E-state index in [1.54, 1.807) is 24.3 Å². The lowest BCUT2D eigenvalue weighted by molar-refractivity contribution is -0.121. The quantitative estimate of drug-likeness (QED) is 0.815. The van der Waals surface area contributed by atoms with Crippen molar-refractivity contribution in [3.8, 4) is 0 Å². The summed E-state index contributed by atoms with van der Waals surface area (Å²) in [5, 5.41) is 3.12. The van der Waals surface area contributed by atoms with Gasteiger partial charge in [-0.1, -0.05) is 30.3 Å². The van der Waals surface area contributed by atoms with E-state index in [4.69, 9.17) is 10.5 Å². The van der Waals surface area contributed by atoms with E-state index in [1.165, 1.54) is 0 Å². The lowest BCUT2D eigenvalue weighted by Gasteiger charge is -2.11. The van der Waals surface area contributed by atoms with E-state index in [1.807, 2.05) is 30.3 Å². The number of nitrogens with two attached hydrogens (primary N) is 1. The first-order valence-electron chi connectivity index (χ1n) is 6.03. The molecule has 5 heteroatoms. The molecule has 0 fully saturated rings. The smallest absolute Gasteiger partial charge is 0.340 e. The number of amides is 1. The number of anilines is 2. The van der Waals surface area contributed by atoms with Crippen LogP contribution in [0, 0.1) is 0 Å². The number of esters is 1. The van der Waals surface area contributed by atoms with Crippen molar-refractivity contribution in [1.82, 2.24) is 0 Å². The van der Waals surface area contributed by atoms with Crippen LogP contribution < -0.4 is 11.1 Å². The molecule has 1 amide bonds. The maximum absolute atomic E-state index is 11.9. The fourth-order valence-corrected chi connectivity index (χ4v) is 1.66. The second-order valence-electron chi connectivity index (χ2n) is 4.08. The number of carbonyl (C=O) groups is 2. The Morgan fingerprint density at radius 2 is 1.65 bits per heavy atom. The summed E-state index contributed by atoms with van der Waals surface area (Å²) in [6.45, 7) is -0.432. The normalized spacial score (nSPS) is 9.80. The number of hydrogen-bond acceptors (Lipinski definition) is 4. The Morgan fingerprint density at radius 3 is 2.35 bits per heavy atom. The number of nitrogens with one attached hydrogen (secondary N) is 1. The highest BCUT2D eigenvalue weighted by Crippen LogP contribution is 2.21. The third kappa shape index (κ3) is 3.58. The molecule has 5 nitrogen and oxygen atoms in total. The van der Waals surface area contributed by atoms with Crippen molar-refractivity contribution in [2.45, 2.75) is 0 Å². The minimum Gasteiger partial charge on any atom is -0.452 e. The summed E-state index contributed by atoms with van der Waals surface area (Å²) in [4.78, 5) is 22.5. The monoisotopic (exact) mass is 270 g/mol. The fourth-order valence-electron chi connectivity index (χ4n) is 1.66. The van der Waals surface area contributed by atoms with Gasteiger partial charge in [0.15, 0.2) is 6.61 Å².